The van der Waals surface area contributed by atoms with Crippen molar-refractivity contribution in [2.24, 2.45) is 0 Å². The molecule has 0 spiro atoms. The number of hydrogen-bond acceptors (Lipinski definition) is 2. The predicted molar refractivity (Wildman–Crippen MR) is 86.0 cm³/mol. The lowest BCUT2D eigenvalue weighted by molar-refractivity contribution is -0.117. The number of nitrogens with two attached hydrogens (primary N) is 1. The van der Waals surface area contributed by atoms with Crippen molar-refractivity contribution in [1.82, 2.24) is 0 Å². The van der Waals surface area contributed by atoms with E-state index in [1.165, 1.54) is 0 Å². The normalized spacial score (nSPS) is 18.6. The highest BCUT2D eigenvalue weighted by molar-refractivity contribution is 9.09. The summed E-state index contributed by atoms with van der Waals surface area (Å²) in [6.45, 7) is 0.736. The van der Waals surface area contributed by atoms with Crippen LogP contribution in [0.1, 0.15) is 6.42 Å². The van der Waals surface area contributed by atoms with E-state index in [0.29, 0.717) is 6.42 Å². The molecule has 2 aromatic carbocycles. The minimum atomic E-state index is 0.173. The molecule has 0 aromatic heterocycles. The number of anilines is 2. The van der Waals surface area contributed by atoms with Gasteiger partial charge in [-0.1, -0.05) is 40.2 Å². The van der Waals surface area contributed by atoms with Gasteiger partial charge in [0.25, 0.3) is 0 Å². The first-order valence-electron chi connectivity index (χ1n) is 6.54. The summed E-state index contributed by atoms with van der Waals surface area (Å²) < 4.78 is 0. The molecule has 1 amide bonds. The highest BCUT2D eigenvalue weighted by Crippen LogP contribution is 2.28. The molecule has 1 saturated heterocycles. The van der Waals surface area contributed by atoms with Gasteiger partial charge in [0.05, 0.1) is 0 Å². The number of benzene rings is 2. The molecule has 1 aliphatic rings. The summed E-state index contributed by atoms with van der Waals surface area (Å²) in [4.78, 5) is 13.9. The SMILES string of the molecule is Nc1ccc(-c2ccc(N3CC(Br)CC3=O)cc2)cc1. The van der Waals surface area contributed by atoms with Crippen LogP contribution in [0.25, 0.3) is 11.1 Å². The number of carbonyl (C=O) groups is 1. The Morgan fingerprint density at radius 3 is 2.05 bits per heavy atom. The summed E-state index contributed by atoms with van der Waals surface area (Å²) in [6, 6.07) is 15.8. The van der Waals surface area contributed by atoms with Crippen molar-refractivity contribution < 1.29 is 4.79 Å². The summed E-state index contributed by atoms with van der Waals surface area (Å²) in [7, 11) is 0. The van der Waals surface area contributed by atoms with Crippen LogP contribution in [-0.2, 0) is 4.79 Å². The quantitative estimate of drug-likeness (QED) is 0.677. The van der Waals surface area contributed by atoms with Crippen molar-refractivity contribution in [1.29, 1.82) is 0 Å². The van der Waals surface area contributed by atoms with Crippen LogP contribution in [0.2, 0.25) is 0 Å². The van der Waals surface area contributed by atoms with Gasteiger partial charge in [-0.15, -0.1) is 0 Å². The van der Waals surface area contributed by atoms with Gasteiger partial charge in [-0.3, -0.25) is 4.79 Å². The van der Waals surface area contributed by atoms with Crippen molar-refractivity contribution in [2.45, 2.75) is 11.2 Å². The van der Waals surface area contributed by atoms with Crippen LogP contribution in [0.3, 0.4) is 0 Å². The molecule has 0 aliphatic carbocycles. The first-order chi connectivity index (χ1) is 9.63. The number of amides is 1. The average Bonchev–Trinajstić information content (AvgIpc) is 2.79. The first kappa shape index (κ1) is 13.2. The van der Waals surface area contributed by atoms with Crippen LogP contribution in [0, 0.1) is 0 Å². The third kappa shape index (κ3) is 2.56. The third-order valence-electron chi connectivity index (χ3n) is 3.50. The highest BCUT2D eigenvalue weighted by Gasteiger charge is 2.28. The molecule has 0 radical (unpaired) electrons. The lowest BCUT2D eigenvalue weighted by Crippen LogP contribution is -2.24. The Morgan fingerprint density at radius 2 is 1.55 bits per heavy atom. The van der Waals surface area contributed by atoms with Gasteiger partial charge in [0.1, 0.15) is 0 Å². The van der Waals surface area contributed by atoms with Gasteiger partial charge in [0.15, 0.2) is 0 Å². The van der Waals surface area contributed by atoms with Gasteiger partial charge in [-0.2, -0.15) is 0 Å². The Labute approximate surface area is 126 Å². The second kappa shape index (κ2) is 5.29. The number of carbonyl (C=O) groups excluding carboxylic acids is 1. The van der Waals surface area contributed by atoms with Crippen molar-refractivity contribution >= 4 is 33.2 Å². The number of nitrogens with zero attached hydrogens (tertiary/aromatic N) is 1. The Balaban J connectivity index is 1.84. The van der Waals surface area contributed by atoms with Crippen LogP contribution in [0.15, 0.2) is 48.5 Å². The van der Waals surface area contributed by atoms with Crippen molar-refractivity contribution in [3.63, 3.8) is 0 Å². The Kier molecular flexibility index (Phi) is 3.49. The number of rotatable bonds is 2. The maximum atomic E-state index is 11.9. The number of hydrogen-bond donors (Lipinski definition) is 1. The van der Waals surface area contributed by atoms with E-state index in [4.69, 9.17) is 5.73 Å². The van der Waals surface area contributed by atoms with Gasteiger partial charge < -0.3 is 10.6 Å². The molecule has 4 heteroatoms. The molecule has 3 rings (SSSR count). The molecule has 0 saturated carbocycles. The second-order valence-corrected chi connectivity index (χ2v) is 6.27. The van der Waals surface area contributed by atoms with Crippen LogP contribution in [0.4, 0.5) is 11.4 Å². The molecule has 2 N–H and O–H groups in total. The molecule has 0 bridgehead atoms. The molecule has 3 nitrogen and oxygen atoms in total. The van der Waals surface area contributed by atoms with Gasteiger partial charge in [0, 0.05) is 29.2 Å². The van der Waals surface area contributed by atoms with E-state index < -0.39 is 0 Å². The summed E-state index contributed by atoms with van der Waals surface area (Å²) in [5, 5.41) is 0. The van der Waals surface area contributed by atoms with Gasteiger partial charge in [-0.05, 0) is 35.4 Å². The van der Waals surface area contributed by atoms with Crippen LogP contribution >= 0.6 is 15.9 Å². The van der Waals surface area contributed by atoms with E-state index >= 15 is 0 Å². The van der Waals surface area contributed by atoms with Crippen LogP contribution < -0.4 is 10.6 Å². The van der Waals surface area contributed by atoms with E-state index in [0.717, 1.165) is 29.0 Å². The van der Waals surface area contributed by atoms with Crippen molar-refractivity contribution in [2.75, 3.05) is 17.2 Å². The Morgan fingerprint density at radius 1 is 1.00 bits per heavy atom. The van der Waals surface area contributed by atoms with Crippen LogP contribution in [-0.4, -0.2) is 17.3 Å². The van der Waals surface area contributed by atoms with E-state index in [1.54, 1.807) is 0 Å². The van der Waals surface area contributed by atoms with Gasteiger partial charge in [0.2, 0.25) is 5.91 Å². The monoisotopic (exact) mass is 330 g/mol. The Hall–Kier alpha value is -1.81. The van der Waals surface area contributed by atoms with Crippen molar-refractivity contribution in [3.05, 3.63) is 48.5 Å². The largest absolute Gasteiger partial charge is 0.399 e. The zero-order valence-electron chi connectivity index (χ0n) is 10.9. The lowest BCUT2D eigenvalue weighted by atomic mass is 10.0. The fourth-order valence-corrected chi connectivity index (χ4v) is 2.99. The minimum absolute atomic E-state index is 0.173. The zero-order chi connectivity index (χ0) is 14.1. The molecule has 20 heavy (non-hydrogen) atoms. The topological polar surface area (TPSA) is 46.3 Å². The summed E-state index contributed by atoms with van der Waals surface area (Å²) in [6.07, 6.45) is 0.569. The molecule has 1 heterocycles. The number of nitrogen functional groups attached to an aromatic ring is 1. The molecule has 1 unspecified atom stereocenters. The number of halogens is 1. The molecular weight excluding hydrogens is 316 g/mol. The van der Waals surface area contributed by atoms with E-state index in [2.05, 4.69) is 15.9 Å². The lowest BCUT2D eigenvalue weighted by Gasteiger charge is -2.16. The maximum Gasteiger partial charge on any atom is 0.228 e. The molecule has 1 atom stereocenters. The van der Waals surface area contributed by atoms with E-state index in [9.17, 15) is 4.79 Å². The van der Waals surface area contributed by atoms with E-state index in [-0.39, 0.29) is 10.7 Å². The van der Waals surface area contributed by atoms with Crippen LogP contribution in [0.5, 0.6) is 0 Å². The second-order valence-electron chi connectivity index (χ2n) is 4.97. The smallest absolute Gasteiger partial charge is 0.228 e. The molecule has 2 aromatic rings. The van der Waals surface area contributed by atoms with Crippen molar-refractivity contribution in [3.8, 4) is 11.1 Å². The molecule has 102 valence electrons. The zero-order valence-corrected chi connectivity index (χ0v) is 12.5. The third-order valence-corrected chi connectivity index (χ3v) is 4.11. The fraction of sp³-hybridized carbons (Fsp3) is 0.188. The summed E-state index contributed by atoms with van der Waals surface area (Å²) >= 11 is 3.50. The average molecular weight is 331 g/mol. The molecular formula is C16H15BrN2O. The molecule has 1 aliphatic heterocycles. The number of alkyl halides is 1. The summed E-state index contributed by atoms with van der Waals surface area (Å²) in [5.74, 6) is 0.173. The fourth-order valence-electron chi connectivity index (χ4n) is 2.42. The maximum absolute atomic E-state index is 11.9. The first-order valence-corrected chi connectivity index (χ1v) is 7.45. The minimum Gasteiger partial charge on any atom is -0.399 e. The van der Waals surface area contributed by atoms with E-state index in [1.807, 2.05) is 53.4 Å². The van der Waals surface area contributed by atoms with Gasteiger partial charge in [-0.25, -0.2) is 0 Å². The predicted octanol–water partition coefficient (Wildman–Crippen LogP) is 3.44. The highest BCUT2D eigenvalue weighted by atomic mass is 79.9. The molecule has 1 fully saturated rings. The summed E-state index contributed by atoms with van der Waals surface area (Å²) in [5.41, 5.74) is 9.65. The Bertz CT molecular complexity index is 622. The van der Waals surface area contributed by atoms with Gasteiger partial charge >= 0.3 is 0 Å². The standard InChI is InChI=1S/C16H15BrN2O/c17-13-9-16(20)19(10-13)15-7-3-12(4-8-15)11-1-5-14(18)6-2-11/h1-8,13H,9-10,18H2.